The van der Waals surface area contributed by atoms with E-state index in [0.717, 1.165) is 4.90 Å². The number of hydrogen-bond acceptors (Lipinski definition) is 8. The molecule has 1 aromatic heterocycles. The second-order valence-corrected chi connectivity index (χ2v) is 8.68. The normalized spacial score (nSPS) is 20.8. The summed E-state index contributed by atoms with van der Waals surface area (Å²) in [4.78, 5) is 41.8. The van der Waals surface area contributed by atoms with Crippen molar-refractivity contribution in [3.63, 3.8) is 0 Å². The highest BCUT2D eigenvalue weighted by atomic mass is 16.6. The van der Waals surface area contributed by atoms with Gasteiger partial charge in [0.25, 0.3) is 5.91 Å². The lowest BCUT2D eigenvalue weighted by Gasteiger charge is -2.31. The smallest absolute Gasteiger partial charge is 0.325 e. The Kier molecular flexibility index (Phi) is 6.00. The molecule has 0 bridgehead atoms. The molecule has 0 saturated carbocycles. The third-order valence-electron chi connectivity index (χ3n) is 6.33. The van der Waals surface area contributed by atoms with E-state index in [4.69, 9.17) is 9.47 Å². The summed E-state index contributed by atoms with van der Waals surface area (Å²) in [6, 6.07) is 13.7. The molecule has 2 atom stereocenters. The molecule has 1 fully saturated rings. The van der Waals surface area contributed by atoms with E-state index in [2.05, 4.69) is 20.8 Å². The molecule has 12 heteroatoms. The molecule has 186 valence electrons. The minimum Gasteiger partial charge on any atom is -0.486 e. The summed E-state index contributed by atoms with van der Waals surface area (Å²) in [5.74, 6) is 0.393. The van der Waals surface area contributed by atoms with Crippen molar-refractivity contribution in [1.29, 1.82) is 0 Å². The average molecular weight is 492 g/mol. The van der Waals surface area contributed by atoms with Gasteiger partial charge in [0.05, 0.1) is 12.2 Å². The van der Waals surface area contributed by atoms with Gasteiger partial charge in [-0.1, -0.05) is 24.3 Å². The van der Waals surface area contributed by atoms with Gasteiger partial charge < -0.3 is 19.7 Å². The molecule has 2 aliphatic heterocycles. The van der Waals surface area contributed by atoms with E-state index < -0.39 is 17.5 Å². The number of carbonyl (C=O) groups excluding carboxylic acids is 3. The first-order chi connectivity index (χ1) is 17.4. The van der Waals surface area contributed by atoms with Crippen molar-refractivity contribution in [2.75, 3.05) is 26.2 Å². The maximum Gasteiger partial charge on any atom is 0.325 e. The summed E-state index contributed by atoms with van der Waals surface area (Å²) < 4.78 is 13.1. The zero-order valence-electron chi connectivity index (χ0n) is 19.8. The molecule has 0 spiro atoms. The first kappa shape index (κ1) is 23.3. The van der Waals surface area contributed by atoms with Gasteiger partial charge in [-0.3, -0.25) is 14.5 Å². The number of nitrogens with zero attached hydrogens (tertiary/aromatic N) is 6. The fourth-order valence-electron chi connectivity index (χ4n) is 4.32. The molecule has 2 aromatic carbocycles. The van der Waals surface area contributed by atoms with Crippen molar-refractivity contribution in [2.45, 2.75) is 25.5 Å². The number of amides is 4. The Hall–Kier alpha value is -4.48. The molecule has 36 heavy (non-hydrogen) atoms. The molecular weight excluding hydrogens is 466 g/mol. The van der Waals surface area contributed by atoms with E-state index >= 15 is 0 Å². The quantitative estimate of drug-likeness (QED) is 0.487. The average Bonchev–Trinajstić information content (AvgIpc) is 3.51. The van der Waals surface area contributed by atoms with Gasteiger partial charge in [0, 0.05) is 6.54 Å². The third kappa shape index (κ3) is 4.21. The van der Waals surface area contributed by atoms with Crippen LogP contribution < -0.4 is 14.8 Å². The molecule has 3 heterocycles. The van der Waals surface area contributed by atoms with Crippen LogP contribution in [0.1, 0.15) is 19.4 Å². The predicted molar refractivity (Wildman–Crippen MR) is 125 cm³/mol. The number of urea groups is 1. The summed E-state index contributed by atoms with van der Waals surface area (Å²) in [6.07, 6.45) is 1.06. The van der Waals surface area contributed by atoms with E-state index in [9.17, 15) is 14.4 Å². The standard InChI is InChI=1S/C24H25N7O5/c1-3-29(12-18-14-35-19-9-4-5-10-20(19)36-18)21(32)13-30-22(33)24(2,26-23(30)34)16-7-6-8-17(11-16)31-15-25-27-28-31/h4-11,15,18H,3,12-14H2,1-2H3,(H,26,34)/t18-,24-/m1/s1. The fourth-order valence-corrected chi connectivity index (χ4v) is 4.32. The lowest BCUT2D eigenvalue weighted by Crippen LogP contribution is -2.48. The lowest BCUT2D eigenvalue weighted by molar-refractivity contribution is -0.139. The molecule has 0 unspecified atom stereocenters. The largest absolute Gasteiger partial charge is 0.486 e. The summed E-state index contributed by atoms with van der Waals surface area (Å²) in [7, 11) is 0. The highest BCUT2D eigenvalue weighted by Gasteiger charge is 2.50. The summed E-state index contributed by atoms with van der Waals surface area (Å²) >= 11 is 0. The molecule has 12 nitrogen and oxygen atoms in total. The van der Waals surface area contributed by atoms with Crippen LogP contribution in [0.15, 0.2) is 54.9 Å². The van der Waals surface area contributed by atoms with Crippen LogP contribution in [-0.4, -0.2) is 80.2 Å². The molecular formula is C24H25N7O5. The molecule has 0 aliphatic carbocycles. The van der Waals surface area contributed by atoms with Crippen LogP contribution in [-0.2, 0) is 15.1 Å². The Morgan fingerprint density at radius 3 is 2.75 bits per heavy atom. The molecule has 1 saturated heterocycles. The first-order valence-corrected chi connectivity index (χ1v) is 11.5. The second-order valence-electron chi connectivity index (χ2n) is 8.68. The Labute approximate surface area is 206 Å². The van der Waals surface area contributed by atoms with E-state index in [1.165, 1.54) is 11.0 Å². The SMILES string of the molecule is CCN(C[C@@H]1COc2ccccc2O1)C(=O)CN1C(=O)N[C@](C)(c2cccc(-n3cnnn3)c2)C1=O. The van der Waals surface area contributed by atoms with Gasteiger partial charge in [0.1, 0.15) is 25.0 Å². The maximum absolute atomic E-state index is 13.4. The van der Waals surface area contributed by atoms with E-state index in [1.54, 1.807) is 36.1 Å². The van der Waals surface area contributed by atoms with Crippen LogP contribution in [0.25, 0.3) is 5.69 Å². The Balaban J connectivity index is 1.28. The molecule has 1 N–H and O–H groups in total. The van der Waals surface area contributed by atoms with Crippen molar-refractivity contribution in [3.05, 3.63) is 60.4 Å². The van der Waals surface area contributed by atoms with Crippen LogP contribution in [0.5, 0.6) is 11.5 Å². The monoisotopic (exact) mass is 491 g/mol. The zero-order valence-corrected chi connectivity index (χ0v) is 19.8. The van der Waals surface area contributed by atoms with Gasteiger partial charge in [0.2, 0.25) is 5.91 Å². The van der Waals surface area contributed by atoms with Crippen molar-refractivity contribution in [2.24, 2.45) is 0 Å². The number of para-hydroxylation sites is 2. The Morgan fingerprint density at radius 2 is 2.00 bits per heavy atom. The van der Waals surface area contributed by atoms with Gasteiger partial charge in [-0.05, 0) is 54.1 Å². The van der Waals surface area contributed by atoms with Gasteiger partial charge in [-0.15, -0.1) is 5.10 Å². The minimum atomic E-state index is -1.34. The number of carbonyl (C=O) groups is 3. The van der Waals surface area contributed by atoms with Gasteiger partial charge in [0.15, 0.2) is 17.6 Å². The van der Waals surface area contributed by atoms with Crippen LogP contribution in [0.3, 0.4) is 0 Å². The van der Waals surface area contributed by atoms with E-state index in [0.29, 0.717) is 35.9 Å². The molecule has 2 aliphatic rings. The predicted octanol–water partition coefficient (Wildman–Crippen LogP) is 1.12. The van der Waals surface area contributed by atoms with Gasteiger partial charge in [-0.25, -0.2) is 9.48 Å². The topological polar surface area (TPSA) is 132 Å². The number of rotatable bonds is 7. The number of aromatic nitrogens is 4. The number of benzene rings is 2. The number of fused-ring (bicyclic) bond motifs is 1. The van der Waals surface area contributed by atoms with Crippen molar-refractivity contribution >= 4 is 17.8 Å². The van der Waals surface area contributed by atoms with E-state index in [-0.39, 0.29) is 25.1 Å². The third-order valence-corrected chi connectivity index (χ3v) is 6.33. The highest BCUT2D eigenvalue weighted by Crippen LogP contribution is 2.32. The Morgan fingerprint density at radius 1 is 1.19 bits per heavy atom. The number of imide groups is 1. The van der Waals surface area contributed by atoms with Crippen LogP contribution in [0.2, 0.25) is 0 Å². The van der Waals surface area contributed by atoms with Crippen molar-refractivity contribution in [1.82, 2.24) is 35.3 Å². The molecule has 3 aromatic rings. The fraction of sp³-hybridized carbons (Fsp3) is 0.333. The number of nitrogens with one attached hydrogen (secondary N) is 1. The highest BCUT2D eigenvalue weighted by molar-refractivity contribution is 6.09. The summed E-state index contributed by atoms with van der Waals surface area (Å²) in [5.41, 5.74) is -0.172. The number of ether oxygens (including phenoxy) is 2. The van der Waals surface area contributed by atoms with Crippen LogP contribution >= 0.6 is 0 Å². The second kappa shape index (κ2) is 9.29. The summed E-state index contributed by atoms with van der Waals surface area (Å²) in [5, 5.41) is 13.8. The van der Waals surface area contributed by atoms with Gasteiger partial charge in [-0.2, -0.15) is 0 Å². The van der Waals surface area contributed by atoms with Crippen molar-refractivity contribution in [3.8, 4) is 17.2 Å². The zero-order chi connectivity index (χ0) is 25.3. The molecule has 0 radical (unpaired) electrons. The number of tetrazole rings is 1. The first-order valence-electron chi connectivity index (χ1n) is 11.5. The van der Waals surface area contributed by atoms with Crippen LogP contribution in [0, 0.1) is 0 Å². The number of hydrogen-bond donors (Lipinski definition) is 1. The Bertz CT molecular complexity index is 1300. The summed E-state index contributed by atoms with van der Waals surface area (Å²) in [6.45, 7) is 3.99. The van der Waals surface area contributed by atoms with Crippen LogP contribution in [0.4, 0.5) is 4.79 Å². The number of likely N-dealkylation sites (N-methyl/N-ethyl adjacent to an activating group) is 1. The van der Waals surface area contributed by atoms with Gasteiger partial charge >= 0.3 is 6.03 Å². The maximum atomic E-state index is 13.4. The minimum absolute atomic E-state index is 0.262. The molecule has 4 amide bonds. The lowest BCUT2D eigenvalue weighted by atomic mass is 9.91. The molecule has 5 rings (SSSR count). The van der Waals surface area contributed by atoms with E-state index in [1.807, 2.05) is 31.2 Å². The van der Waals surface area contributed by atoms with Crippen molar-refractivity contribution < 1.29 is 23.9 Å².